The number of methoxy groups -OCH3 is 5. The predicted molar refractivity (Wildman–Crippen MR) is 143 cm³/mol. The molecule has 0 atom stereocenters. The first-order valence-corrected chi connectivity index (χ1v) is 12.3. The van der Waals surface area contributed by atoms with Crippen LogP contribution in [-0.2, 0) is 6.42 Å². The quantitative estimate of drug-likeness (QED) is 0.290. The van der Waals surface area contributed by atoms with Gasteiger partial charge < -0.3 is 33.9 Å². The van der Waals surface area contributed by atoms with E-state index in [9.17, 15) is 15.0 Å². The molecule has 0 heterocycles. The fraction of sp³-hybridized carbons (Fsp3) is 0.414. The van der Waals surface area contributed by atoms with Gasteiger partial charge in [-0.2, -0.15) is 0 Å². The van der Waals surface area contributed by atoms with E-state index < -0.39 is 5.97 Å². The lowest BCUT2D eigenvalue weighted by Gasteiger charge is -2.23. The van der Waals surface area contributed by atoms with Crippen LogP contribution in [0.5, 0.6) is 34.5 Å². The highest BCUT2D eigenvalue weighted by molar-refractivity contribution is 6.15. The van der Waals surface area contributed by atoms with Gasteiger partial charge in [0.05, 0.1) is 41.1 Å². The van der Waals surface area contributed by atoms with E-state index >= 15 is 0 Å². The van der Waals surface area contributed by atoms with Gasteiger partial charge in [0.15, 0.2) is 23.0 Å². The molecule has 0 saturated heterocycles. The molecule has 0 aliphatic rings. The molecule has 3 rings (SSSR count). The van der Waals surface area contributed by atoms with Gasteiger partial charge in [-0.05, 0) is 42.5 Å². The molecule has 2 N–H and O–H groups in total. The predicted octanol–water partition coefficient (Wildman–Crippen LogP) is 6.32. The maximum Gasteiger partial charge on any atom is 0.336 e. The number of rotatable bonds is 12. The molecule has 0 aliphatic carbocycles. The van der Waals surface area contributed by atoms with Crippen LogP contribution in [0.3, 0.4) is 0 Å². The summed E-state index contributed by atoms with van der Waals surface area (Å²) in [5, 5.41) is 22.9. The molecule has 200 valence electrons. The van der Waals surface area contributed by atoms with Crippen molar-refractivity contribution in [3.63, 3.8) is 0 Å². The first-order valence-electron chi connectivity index (χ1n) is 12.3. The van der Waals surface area contributed by atoms with Crippen molar-refractivity contribution in [3.8, 4) is 45.6 Å². The zero-order valence-corrected chi connectivity index (χ0v) is 22.6. The van der Waals surface area contributed by atoms with Crippen molar-refractivity contribution in [2.45, 2.75) is 39.5 Å². The van der Waals surface area contributed by atoms with Crippen molar-refractivity contribution >= 4 is 16.7 Å². The molecule has 0 radical (unpaired) electrons. The third-order valence-corrected chi connectivity index (χ3v) is 7.02. The number of carboxylic acids is 1. The normalized spacial score (nSPS) is 11.0. The number of hydrogen-bond acceptors (Lipinski definition) is 7. The number of benzene rings is 3. The van der Waals surface area contributed by atoms with E-state index in [2.05, 4.69) is 13.8 Å². The van der Waals surface area contributed by atoms with E-state index in [1.165, 1.54) is 35.5 Å². The van der Waals surface area contributed by atoms with Crippen molar-refractivity contribution in [2.24, 2.45) is 5.92 Å². The summed E-state index contributed by atoms with van der Waals surface area (Å²) >= 11 is 0. The van der Waals surface area contributed by atoms with Gasteiger partial charge in [0.1, 0.15) is 5.75 Å². The summed E-state index contributed by atoms with van der Waals surface area (Å²) < 4.78 is 27.8. The van der Waals surface area contributed by atoms with Gasteiger partial charge in [-0.15, -0.1) is 0 Å². The highest BCUT2D eigenvalue weighted by atomic mass is 16.5. The molecule has 3 aromatic carbocycles. The highest BCUT2D eigenvalue weighted by Crippen LogP contribution is 2.52. The van der Waals surface area contributed by atoms with Crippen LogP contribution in [-0.4, -0.2) is 51.7 Å². The van der Waals surface area contributed by atoms with E-state index in [1.807, 2.05) is 0 Å². The Hall–Kier alpha value is -3.81. The van der Waals surface area contributed by atoms with Crippen LogP contribution < -0.4 is 23.7 Å². The highest BCUT2D eigenvalue weighted by Gasteiger charge is 2.30. The second kappa shape index (κ2) is 12.0. The fourth-order valence-corrected chi connectivity index (χ4v) is 4.95. The zero-order valence-electron chi connectivity index (χ0n) is 22.6. The Morgan fingerprint density at radius 2 is 1.46 bits per heavy atom. The van der Waals surface area contributed by atoms with E-state index in [-0.39, 0.29) is 17.1 Å². The van der Waals surface area contributed by atoms with Gasteiger partial charge in [0.25, 0.3) is 0 Å². The number of aromatic carboxylic acids is 1. The second-order valence-electron chi connectivity index (χ2n) is 8.74. The minimum atomic E-state index is -1.15. The number of carboxylic acid groups (broad SMARTS) is 1. The van der Waals surface area contributed by atoms with Crippen LogP contribution in [0.25, 0.3) is 21.9 Å². The lowest BCUT2D eigenvalue weighted by Crippen LogP contribution is -2.10. The Kier molecular flexibility index (Phi) is 8.97. The summed E-state index contributed by atoms with van der Waals surface area (Å²) in [6.07, 6.45) is 3.07. The summed E-state index contributed by atoms with van der Waals surface area (Å²) in [5.74, 6) is 0.989. The van der Waals surface area contributed by atoms with Crippen molar-refractivity contribution in [2.75, 3.05) is 35.5 Å². The molecule has 3 aromatic rings. The summed E-state index contributed by atoms with van der Waals surface area (Å²) in [5.41, 5.74) is 1.33. The Morgan fingerprint density at radius 3 is 1.97 bits per heavy atom. The van der Waals surface area contributed by atoms with Gasteiger partial charge in [-0.1, -0.05) is 32.8 Å². The van der Waals surface area contributed by atoms with Gasteiger partial charge in [-0.25, -0.2) is 4.79 Å². The maximum absolute atomic E-state index is 12.9. The molecule has 0 fully saturated rings. The zero-order chi connectivity index (χ0) is 27.3. The van der Waals surface area contributed by atoms with Crippen LogP contribution in [0.1, 0.15) is 49.0 Å². The van der Waals surface area contributed by atoms with Crippen LogP contribution in [0.15, 0.2) is 24.3 Å². The molecule has 37 heavy (non-hydrogen) atoms. The first kappa shape index (κ1) is 27.8. The van der Waals surface area contributed by atoms with Gasteiger partial charge in [0, 0.05) is 21.9 Å². The van der Waals surface area contributed by atoms with Crippen LogP contribution in [0.4, 0.5) is 0 Å². The lowest BCUT2D eigenvalue weighted by atomic mass is 9.84. The average Bonchev–Trinajstić information content (AvgIpc) is 2.92. The van der Waals surface area contributed by atoms with E-state index in [0.717, 1.165) is 19.3 Å². The number of carbonyl (C=O) groups is 1. The third-order valence-electron chi connectivity index (χ3n) is 7.02. The summed E-state index contributed by atoms with van der Waals surface area (Å²) in [7, 11) is 7.49. The van der Waals surface area contributed by atoms with E-state index in [4.69, 9.17) is 23.7 Å². The maximum atomic E-state index is 12.9. The molecule has 0 aliphatic heterocycles. The number of phenolic OH excluding ortho intramolecular Hbond substituents is 1. The van der Waals surface area contributed by atoms with E-state index in [1.54, 1.807) is 24.3 Å². The summed E-state index contributed by atoms with van der Waals surface area (Å²) in [6.45, 7) is 4.23. The van der Waals surface area contributed by atoms with Gasteiger partial charge in [0.2, 0.25) is 5.75 Å². The van der Waals surface area contributed by atoms with Crippen molar-refractivity contribution in [1.29, 1.82) is 0 Å². The molecular weight excluding hydrogens is 476 g/mol. The lowest BCUT2D eigenvalue weighted by molar-refractivity contribution is 0.0696. The average molecular weight is 513 g/mol. The SMILES string of the molecule is CCC(CC)CCc1c(C(=O)O)c(-c2ccc(OC)c(OC)c2)c2c(OC)c(OC)c(OC)cc2c1O. The Labute approximate surface area is 217 Å². The molecule has 0 bridgehead atoms. The van der Waals surface area contributed by atoms with Gasteiger partial charge in [-0.3, -0.25) is 0 Å². The number of fused-ring (bicyclic) bond motifs is 1. The number of aromatic hydroxyl groups is 1. The largest absolute Gasteiger partial charge is 0.507 e. The minimum absolute atomic E-state index is 0.00805. The number of hydrogen-bond donors (Lipinski definition) is 2. The van der Waals surface area contributed by atoms with Crippen molar-refractivity contribution < 1.29 is 38.7 Å². The Morgan fingerprint density at radius 1 is 0.838 bits per heavy atom. The number of phenols is 1. The smallest absolute Gasteiger partial charge is 0.336 e. The minimum Gasteiger partial charge on any atom is -0.507 e. The third kappa shape index (κ3) is 5.05. The standard InChI is InChI=1S/C29H36O8/c1-8-16(9-2)10-12-18-25(29(31)32)23(17-11-13-20(33-3)21(14-17)34-4)24-19(26(18)30)15-22(35-5)27(36-6)28(24)37-7/h11,13-16,30H,8-10,12H2,1-7H3,(H,31,32). The van der Waals surface area contributed by atoms with E-state index in [0.29, 0.717) is 62.8 Å². The molecule has 0 spiro atoms. The first-order chi connectivity index (χ1) is 17.8. The van der Waals surface area contributed by atoms with Crippen molar-refractivity contribution in [1.82, 2.24) is 0 Å². The molecule has 0 aromatic heterocycles. The molecule has 0 unspecified atom stereocenters. The molecule has 0 amide bonds. The molecule has 8 nitrogen and oxygen atoms in total. The van der Waals surface area contributed by atoms with Crippen LogP contribution >= 0.6 is 0 Å². The second-order valence-corrected chi connectivity index (χ2v) is 8.74. The van der Waals surface area contributed by atoms with Crippen molar-refractivity contribution in [3.05, 3.63) is 35.4 Å². The van der Waals surface area contributed by atoms with Gasteiger partial charge >= 0.3 is 5.97 Å². The summed E-state index contributed by atoms with van der Waals surface area (Å²) in [4.78, 5) is 12.9. The topological polar surface area (TPSA) is 104 Å². The van der Waals surface area contributed by atoms with Crippen LogP contribution in [0, 0.1) is 5.92 Å². The Balaban J connectivity index is 2.56. The van der Waals surface area contributed by atoms with Crippen LogP contribution in [0.2, 0.25) is 0 Å². The monoisotopic (exact) mass is 512 g/mol. The fourth-order valence-electron chi connectivity index (χ4n) is 4.95. The summed E-state index contributed by atoms with van der Waals surface area (Å²) in [6, 6.07) is 6.86. The number of ether oxygens (including phenoxy) is 5. The molecule has 0 saturated carbocycles. The Bertz CT molecular complexity index is 1280. The molecule has 8 heteroatoms. The molecular formula is C29H36O8.